The van der Waals surface area contributed by atoms with Gasteiger partial charge >= 0.3 is 0 Å². The van der Waals surface area contributed by atoms with E-state index < -0.39 is 24.9 Å². The van der Waals surface area contributed by atoms with E-state index in [4.69, 9.17) is 20.4 Å². The van der Waals surface area contributed by atoms with E-state index in [2.05, 4.69) is 0 Å². The van der Waals surface area contributed by atoms with Gasteiger partial charge in [-0.2, -0.15) is 0 Å². The number of hydrogen-bond acceptors (Lipinski definition) is 5. The SMILES string of the molecule is O=CC[C@@H](O)C(O)[C@H](O)CO. The number of hydrogen-bond donors (Lipinski definition) is 4. The van der Waals surface area contributed by atoms with E-state index in [0.717, 1.165) is 0 Å². The molecule has 0 aliphatic rings. The maximum atomic E-state index is 9.82. The van der Waals surface area contributed by atoms with Crippen molar-refractivity contribution in [3.63, 3.8) is 0 Å². The molecule has 0 bridgehead atoms. The van der Waals surface area contributed by atoms with Crippen molar-refractivity contribution in [2.45, 2.75) is 24.7 Å². The van der Waals surface area contributed by atoms with Gasteiger partial charge in [0.1, 0.15) is 18.5 Å². The third-order valence-electron chi connectivity index (χ3n) is 1.31. The molecule has 0 saturated heterocycles. The van der Waals surface area contributed by atoms with Crippen molar-refractivity contribution in [3.05, 3.63) is 0 Å². The quantitative estimate of drug-likeness (QED) is 0.341. The van der Waals surface area contributed by atoms with Gasteiger partial charge in [0.2, 0.25) is 0 Å². The van der Waals surface area contributed by atoms with Crippen LogP contribution in [0.4, 0.5) is 0 Å². The minimum Gasteiger partial charge on any atom is -0.394 e. The second kappa shape index (κ2) is 5.20. The molecule has 0 spiro atoms. The Bertz CT molecular complexity index is 116. The molecule has 0 aliphatic heterocycles. The third kappa shape index (κ3) is 3.43. The van der Waals surface area contributed by atoms with Crippen molar-refractivity contribution in [3.8, 4) is 0 Å². The molecule has 66 valence electrons. The highest BCUT2D eigenvalue weighted by Gasteiger charge is 2.23. The number of aliphatic hydroxyl groups excluding tert-OH is 4. The molecule has 0 rings (SSSR count). The molecule has 0 aromatic heterocycles. The molecule has 0 heterocycles. The fraction of sp³-hybridized carbons (Fsp3) is 0.833. The molecule has 0 saturated carbocycles. The number of carbonyl (C=O) groups is 1. The van der Waals surface area contributed by atoms with Crippen molar-refractivity contribution in [2.24, 2.45) is 0 Å². The van der Waals surface area contributed by atoms with Crippen LogP contribution in [0.2, 0.25) is 0 Å². The number of carbonyl (C=O) groups excluding carboxylic acids is 1. The normalized spacial score (nSPS) is 18.9. The first-order valence-corrected chi connectivity index (χ1v) is 3.22. The van der Waals surface area contributed by atoms with Crippen LogP contribution in [-0.4, -0.2) is 51.6 Å². The first-order chi connectivity index (χ1) is 5.13. The highest BCUT2D eigenvalue weighted by Crippen LogP contribution is 2.01. The zero-order valence-corrected chi connectivity index (χ0v) is 5.92. The topological polar surface area (TPSA) is 98.0 Å². The van der Waals surface area contributed by atoms with Crippen molar-refractivity contribution in [1.29, 1.82) is 0 Å². The lowest BCUT2D eigenvalue weighted by Crippen LogP contribution is -2.39. The standard InChI is InChI=1S/C6H12O5/c7-2-1-4(9)6(11)5(10)3-8/h2,4-6,8-11H,1,3H2/t4-,5-,6?/m1/s1. The zero-order valence-electron chi connectivity index (χ0n) is 5.92. The summed E-state index contributed by atoms with van der Waals surface area (Å²) < 4.78 is 0. The predicted octanol–water partition coefficient (Wildman–Crippen LogP) is -2.35. The van der Waals surface area contributed by atoms with Crippen LogP contribution < -0.4 is 0 Å². The number of aliphatic hydroxyl groups is 4. The van der Waals surface area contributed by atoms with Crippen molar-refractivity contribution >= 4 is 6.29 Å². The van der Waals surface area contributed by atoms with Crippen LogP contribution in [0.25, 0.3) is 0 Å². The average molecular weight is 164 g/mol. The van der Waals surface area contributed by atoms with E-state index >= 15 is 0 Å². The highest BCUT2D eigenvalue weighted by atomic mass is 16.4. The smallest absolute Gasteiger partial charge is 0.122 e. The molecule has 0 amide bonds. The van der Waals surface area contributed by atoms with Crippen LogP contribution >= 0.6 is 0 Å². The summed E-state index contributed by atoms with van der Waals surface area (Å²) in [6.45, 7) is -0.642. The molecular formula is C6H12O5. The van der Waals surface area contributed by atoms with Crippen LogP contribution in [0.1, 0.15) is 6.42 Å². The van der Waals surface area contributed by atoms with E-state index in [1.54, 1.807) is 0 Å². The third-order valence-corrected chi connectivity index (χ3v) is 1.31. The van der Waals surface area contributed by atoms with Gasteiger partial charge in [0.25, 0.3) is 0 Å². The maximum Gasteiger partial charge on any atom is 0.122 e. The van der Waals surface area contributed by atoms with Gasteiger partial charge in [0.05, 0.1) is 12.7 Å². The predicted molar refractivity (Wildman–Crippen MR) is 35.8 cm³/mol. The Morgan fingerprint density at radius 3 is 2.09 bits per heavy atom. The number of rotatable bonds is 5. The first-order valence-electron chi connectivity index (χ1n) is 3.22. The molecule has 3 atom stereocenters. The molecule has 0 aliphatic carbocycles. The summed E-state index contributed by atoms with van der Waals surface area (Å²) in [5.74, 6) is 0. The fourth-order valence-electron chi connectivity index (χ4n) is 0.602. The van der Waals surface area contributed by atoms with Gasteiger partial charge in [0.15, 0.2) is 0 Å². The molecule has 11 heavy (non-hydrogen) atoms. The molecule has 0 fully saturated rings. The molecule has 1 unspecified atom stereocenters. The van der Waals surface area contributed by atoms with E-state index in [-0.39, 0.29) is 6.42 Å². The molecule has 0 aromatic rings. The van der Waals surface area contributed by atoms with Gasteiger partial charge in [-0.15, -0.1) is 0 Å². The molecule has 4 N–H and O–H groups in total. The molecule has 0 radical (unpaired) electrons. The van der Waals surface area contributed by atoms with Crippen LogP contribution in [0.5, 0.6) is 0 Å². The van der Waals surface area contributed by atoms with Crippen molar-refractivity contribution < 1.29 is 25.2 Å². The van der Waals surface area contributed by atoms with E-state index in [1.807, 2.05) is 0 Å². The summed E-state index contributed by atoms with van der Waals surface area (Å²) in [4.78, 5) is 9.82. The monoisotopic (exact) mass is 164 g/mol. The Morgan fingerprint density at radius 2 is 1.73 bits per heavy atom. The number of aldehydes is 1. The minimum atomic E-state index is -1.47. The lowest BCUT2D eigenvalue weighted by Gasteiger charge is -2.19. The molecule has 5 nitrogen and oxygen atoms in total. The summed E-state index contributed by atoms with van der Waals surface area (Å²) in [5, 5.41) is 34.8. The second-order valence-corrected chi connectivity index (χ2v) is 2.21. The van der Waals surface area contributed by atoms with Crippen molar-refractivity contribution in [1.82, 2.24) is 0 Å². The van der Waals surface area contributed by atoms with Gasteiger partial charge in [-0.1, -0.05) is 0 Å². The fourth-order valence-corrected chi connectivity index (χ4v) is 0.602. The Morgan fingerprint density at radius 1 is 1.18 bits per heavy atom. The van der Waals surface area contributed by atoms with Crippen LogP contribution in [-0.2, 0) is 4.79 Å². The van der Waals surface area contributed by atoms with E-state index in [0.29, 0.717) is 6.29 Å². The highest BCUT2D eigenvalue weighted by molar-refractivity contribution is 5.50. The largest absolute Gasteiger partial charge is 0.394 e. The minimum absolute atomic E-state index is 0.252. The molecular weight excluding hydrogens is 152 g/mol. The van der Waals surface area contributed by atoms with Crippen LogP contribution in [0.3, 0.4) is 0 Å². The van der Waals surface area contributed by atoms with Gasteiger partial charge in [-0.3, -0.25) is 0 Å². The Kier molecular flexibility index (Phi) is 4.97. The summed E-state index contributed by atoms with van der Waals surface area (Å²) >= 11 is 0. The lowest BCUT2D eigenvalue weighted by atomic mass is 10.1. The van der Waals surface area contributed by atoms with Gasteiger partial charge in [-0.05, 0) is 0 Å². The van der Waals surface area contributed by atoms with Crippen LogP contribution in [0, 0.1) is 0 Å². The summed E-state index contributed by atoms with van der Waals surface area (Å²) in [5.41, 5.74) is 0. The Hall–Kier alpha value is -0.490. The van der Waals surface area contributed by atoms with Gasteiger partial charge in [-0.25, -0.2) is 0 Å². The Labute approximate surface area is 63.9 Å². The summed E-state index contributed by atoms with van der Waals surface area (Å²) in [7, 11) is 0. The lowest BCUT2D eigenvalue weighted by molar-refractivity contribution is -0.115. The van der Waals surface area contributed by atoms with E-state index in [1.165, 1.54) is 0 Å². The Balaban J connectivity index is 3.79. The average Bonchev–Trinajstić information content (AvgIpc) is 2.02. The zero-order chi connectivity index (χ0) is 8.85. The van der Waals surface area contributed by atoms with Crippen LogP contribution in [0.15, 0.2) is 0 Å². The van der Waals surface area contributed by atoms with E-state index in [9.17, 15) is 4.79 Å². The van der Waals surface area contributed by atoms with Gasteiger partial charge in [0, 0.05) is 6.42 Å². The maximum absolute atomic E-state index is 9.82. The summed E-state index contributed by atoms with van der Waals surface area (Å²) in [6, 6.07) is 0. The first kappa shape index (κ1) is 10.5. The summed E-state index contributed by atoms with van der Waals surface area (Å²) in [6.07, 6.45) is -4.00. The van der Waals surface area contributed by atoms with Crippen molar-refractivity contribution in [2.75, 3.05) is 6.61 Å². The van der Waals surface area contributed by atoms with Gasteiger partial charge < -0.3 is 25.2 Å². The second-order valence-electron chi connectivity index (χ2n) is 2.21. The molecule has 0 aromatic carbocycles. The molecule has 5 heteroatoms.